The second-order valence-electron chi connectivity index (χ2n) is 4.08. The van der Waals surface area contributed by atoms with Crippen molar-refractivity contribution in [2.75, 3.05) is 12.4 Å². The van der Waals surface area contributed by atoms with Crippen LogP contribution in [0.25, 0.3) is 0 Å². The average molecular weight is 235 g/mol. The lowest BCUT2D eigenvalue weighted by Crippen LogP contribution is -2.32. The molecule has 1 saturated carbocycles. The monoisotopic (exact) mass is 235 g/mol. The highest BCUT2D eigenvalue weighted by molar-refractivity contribution is 7.99. The molecule has 1 aliphatic carbocycles. The normalized spacial score (nSPS) is 17.5. The molecule has 2 rings (SSSR count). The molecular weight excluding hydrogens is 221 g/mol. The van der Waals surface area contributed by atoms with Crippen LogP contribution in [-0.2, 0) is 5.41 Å². The molecule has 1 aliphatic rings. The van der Waals surface area contributed by atoms with Gasteiger partial charge in [-0.25, -0.2) is 0 Å². The number of alkyl halides is 1. The van der Waals surface area contributed by atoms with Gasteiger partial charge in [0, 0.05) is 10.6 Å². The Kier molecular flexibility index (Phi) is 3.50. The fraction of sp³-hybridized carbons (Fsp3) is 0.462. The highest BCUT2D eigenvalue weighted by atomic mass is 32.2. The minimum Gasteiger partial charge on any atom is -0.250 e. The maximum Gasteiger partial charge on any atom is 0.0988 e. The molecule has 84 valence electrons. The van der Waals surface area contributed by atoms with Crippen molar-refractivity contribution in [2.45, 2.75) is 29.6 Å². The molecule has 1 aromatic carbocycles. The molecule has 3 heteroatoms. The van der Waals surface area contributed by atoms with E-state index < -0.39 is 0 Å². The Labute approximate surface area is 99.7 Å². The van der Waals surface area contributed by atoms with Gasteiger partial charge < -0.3 is 0 Å². The molecule has 1 aromatic rings. The SMILES string of the molecule is N#CC1(c2ccccc2SCCF)CCC1. The molecule has 0 bridgehead atoms. The zero-order valence-corrected chi connectivity index (χ0v) is 9.89. The number of benzene rings is 1. The number of hydrogen-bond donors (Lipinski definition) is 0. The summed E-state index contributed by atoms with van der Waals surface area (Å²) >= 11 is 1.51. The summed E-state index contributed by atoms with van der Waals surface area (Å²) in [6, 6.07) is 10.4. The van der Waals surface area contributed by atoms with E-state index in [1.54, 1.807) is 0 Å². The van der Waals surface area contributed by atoms with Gasteiger partial charge in [0.2, 0.25) is 0 Å². The first-order valence-corrected chi connectivity index (χ1v) is 6.50. The van der Waals surface area contributed by atoms with E-state index >= 15 is 0 Å². The van der Waals surface area contributed by atoms with Gasteiger partial charge in [0.1, 0.15) is 0 Å². The number of hydrogen-bond acceptors (Lipinski definition) is 2. The van der Waals surface area contributed by atoms with Crippen molar-refractivity contribution < 1.29 is 4.39 Å². The van der Waals surface area contributed by atoms with Crippen LogP contribution >= 0.6 is 11.8 Å². The van der Waals surface area contributed by atoms with Crippen LogP contribution in [0, 0.1) is 11.3 Å². The molecule has 0 aliphatic heterocycles. The average Bonchev–Trinajstić information content (AvgIpc) is 2.27. The topological polar surface area (TPSA) is 23.8 Å². The van der Waals surface area contributed by atoms with Gasteiger partial charge in [0.05, 0.1) is 18.2 Å². The summed E-state index contributed by atoms with van der Waals surface area (Å²) in [6.07, 6.45) is 3.00. The summed E-state index contributed by atoms with van der Waals surface area (Å²) in [7, 11) is 0. The van der Waals surface area contributed by atoms with E-state index in [-0.39, 0.29) is 12.1 Å². The first kappa shape index (κ1) is 11.5. The maximum atomic E-state index is 12.2. The van der Waals surface area contributed by atoms with Crippen molar-refractivity contribution in [3.8, 4) is 6.07 Å². The Morgan fingerprint density at radius 2 is 2.12 bits per heavy atom. The van der Waals surface area contributed by atoms with E-state index in [0.717, 1.165) is 29.7 Å². The predicted octanol–water partition coefficient (Wildman–Crippen LogP) is 3.69. The van der Waals surface area contributed by atoms with Crippen molar-refractivity contribution >= 4 is 11.8 Å². The van der Waals surface area contributed by atoms with Gasteiger partial charge in [0.25, 0.3) is 0 Å². The summed E-state index contributed by atoms with van der Waals surface area (Å²) in [5.74, 6) is 0.471. The third kappa shape index (κ3) is 1.94. The van der Waals surface area contributed by atoms with Crippen LogP contribution in [0.15, 0.2) is 29.2 Å². The van der Waals surface area contributed by atoms with Crippen LogP contribution in [0.4, 0.5) is 4.39 Å². The Morgan fingerprint density at radius 1 is 1.38 bits per heavy atom. The lowest BCUT2D eigenvalue weighted by atomic mass is 9.65. The Bertz CT molecular complexity index is 407. The minimum absolute atomic E-state index is 0.292. The van der Waals surface area contributed by atoms with Crippen LogP contribution in [0.1, 0.15) is 24.8 Å². The van der Waals surface area contributed by atoms with Crippen molar-refractivity contribution in [1.82, 2.24) is 0 Å². The van der Waals surface area contributed by atoms with Gasteiger partial charge in [-0.1, -0.05) is 18.2 Å². The first-order chi connectivity index (χ1) is 7.82. The summed E-state index contributed by atoms with van der Waals surface area (Å²) in [6.45, 7) is -0.321. The second-order valence-corrected chi connectivity index (χ2v) is 5.22. The van der Waals surface area contributed by atoms with Crippen LogP contribution in [-0.4, -0.2) is 12.4 Å². The van der Waals surface area contributed by atoms with Gasteiger partial charge >= 0.3 is 0 Å². The highest BCUT2D eigenvalue weighted by Gasteiger charge is 2.40. The maximum absolute atomic E-state index is 12.2. The van der Waals surface area contributed by atoms with Crippen LogP contribution in [0.3, 0.4) is 0 Å². The standard InChI is InChI=1S/C13H14FNS/c14-8-9-16-12-5-2-1-4-11(12)13(10-15)6-3-7-13/h1-2,4-5H,3,6-9H2. The zero-order valence-electron chi connectivity index (χ0n) is 9.08. The van der Waals surface area contributed by atoms with E-state index in [1.165, 1.54) is 11.8 Å². The predicted molar refractivity (Wildman–Crippen MR) is 64.3 cm³/mol. The molecular formula is C13H14FNS. The molecule has 0 saturated heterocycles. The minimum atomic E-state index is -0.321. The number of rotatable bonds is 4. The summed E-state index contributed by atoms with van der Waals surface area (Å²) in [5, 5.41) is 9.31. The number of thioether (sulfide) groups is 1. The number of nitriles is 1. The molecule has 0 radical (unpaired) electrons. The Morgan fingerprint density at radius 3 is 2.69 bits per heavy atom. The molecule has 0 aromatic heterocycles. The quantitative estimate of drug-likeness (QED) is 0.743. The van der Waals surface area contributed by atoms with E-state index in [2.05, 4.69) is 6.07 Å². The van der Waals surface area contributed by atoms with Gasteiger partial charge in [-0.3, -0.25) is 4.39 Å². The molecule has 0 amide bonds. The van der Waals surface area contributed by atoms with Gasteiger partial charge in [-0.05, 0) is 30.9 Å². The van der Waals surface area contributed by atoms with E-state index in [4.69, 9.17) is 0 Å². The third-order valence-corrected chi connectivity index (χ3v) is 4.18. The molecule has 1 fully saturated rings. The van der Waals surface area contributed by atoms with E-state index in [1.807, 2.05) is 24.3 Å². The third-order valence-electron chi connectivity index (χ3n) is 3.16. The van der Waals surface area contributed by atoms with E-state index in [9.17, 15) is 9.65 Å². The largest absolute Gasteiger partial charge is 0.250 e. The second kappa shape index (κ2) is 4.88. The van der Waals surface area contributed by atoms with E-state index in [0.29, 0.717) is 5.75 Å². The molecule has 0 atom stereocenters. The molecule has 16 heavy (non-hydrogen) atoms. The number of halogens is 1. The molecule has 1 nitrogen and oxygen atoms in total. The highest BCUT2D eigenvalue weighted by Crippen LogP contribution is 2.46. The van der Waals surface area contributed by atoms with Crippen molar-refractivity contribution in [1.29, 1.82) is 5.26 Å². The van der Waals surface area contributed by atoms with Gasteiger partial charge in [0.15, 0.2) is 0 Å². The van der Waals surface area contributed by atoms with Crippen LogP contribution in [0.2, 0.25) is 0 Å². The smallest absolute Gasteiger partial charge is 0.0988 e. The molecule has 0 spiro atoms. The molecule has 0 N–H and O–H groups in total. The van der Waals surface area contributed by atoms with Gasteiger partial charge in [-0.2, -0.15) is 5.26 Å². The zero-order chi connectivity index (χ0) is 11.4. The van der Waals surface area contributed by atoms with Crippen molar-refractivity contribution in [3.63, 3.8) is 0 Å². The van der Waals surface area contributed by atoms with Crippen LogP contribution < -0.4 is 0 Å². The fourth-order valence-corrected chi connectivity index (χ4v) is 3.00. The van der Waals surface area contributed by atoms with Crippen molar-refractivity contribution in [3.05, 3.63) is 29.8 Å². The first-order valence-electron chi connectivity index (χ1n) is 5.52. The summed E-state index contributed by atoms with van der Waals surface area (Å²) < 4.78 is 12.2. The lowest BCUT2D eigenvalue weighted by molar-refractivity contribution is 0.319. The Balaban J connectivity index is 2.29. The summed E-state index contributed by atoms with van der Waals surface area (Å²) in [4.78, 5) is 1.07. The summed E-state index contributed by atoms with van der Waals surface area (Å²) in [5.41, 5.74) is 0.807. The lowest BCUT2D eigenvalue weighted by Gasteiger charge is -2.36. The van der Waals surface area contributed by atoms with Crippen molar-refractivity contribution in [2.24, 2.45) is 0 Å². The molecule has 0 unspecified atom stereocenters. The molecule has 0 heterocycles. The van der Waals surface area contributed by atoms with Crippen LogP contribution in [0.5, 0.6) is 0 Å². The van der Waals surface area contributed by atoms with Gasteiger partial charge in [-0.15, -0.1) is 11.8 Å². The fourth-order valence-electron chi connectivity index (χ4n) is 2.11. The number of nitrogens with zero attached hydrogens (tertiary/aromatic N) is 1. The Hall–Kier alpha value is -1.01.